The number of hydrogen-bond acceptors (Lipinski definition) is 2. The molecule has 23 heavy (non-hydrogen) atoms. The lowest BCUT2D eigenvalue weighted by atomic mass is 10.1. The molecule has 1 fully saturated rings. The molecule has 0 bridgehead atoms. The van der Waals surface area contributed by atoms with E-state index >= 15 is 0 Å². The summed E-state index contributed by atoms with van der Waals surface area (Å²) < 4.78 is 0. The van der Waals surface area contributed by atoms with Gasteiger partial charge in [0, 0.05) is 24.7 Å². The third-order valence-corrected chi connectivity index (χ3v) is 4.32. The van der Waals surface area contributed by atoms with Gasteiger partial charge in [-0.05, 0) is 69.9 Å². The van der Waals surface area contributed by atoms with Crippen LogP contribution in [0.3, 0.4) is 0 Å². The second-order valence-corrected chi connectivity index (χ2v) is 6.40. The Bertz CT molecular complexity index is 466. The predicted octanol–water partition coefficient (Wildman–Crippen LogP) is 2.92. The summed E-state index contributed by atoms with van der Waals surface area (Å²) in [7, 11) is 0. The van der Waals surface area contributed by atoms with Gasteiger partial charge in [-0.15, -0.1) is 0 Å². The molecule has 4 nitrogen and oxygen atoms in total. The molecule has 0 radical (unpaired) electrons. The molecule has 0 aliphatic carbocycles. The standard InChI is InChI=1S/C18H29ClN4/c1-2-20-18(21-11-5-15-23-13-3-4-14-23)22-12-10-16-6-8-17(19)9-7-16/h6-9H,2-5,10-15H2,1H3,(H2,20,21,22). The van der Waals surface area contributed by atoms with Crippen molar-refractivity contribution in [1.29, 1.82) is 0 Å². The molecule has 0 atom stereocenters. The first-order valence-corrected chi connectivity index (χ1v) is 9.14. The minimum Gasteiger partial charge on any atom is -0.357 e. The highest BCUT2D eigenvalue weighted by Gasteiger charge is 2.09. The number of halogens is 1. The maximum atomic E-state index is 5.91. The summed E-state index contributed by atoms with van der Waals surface area (Å²) in [5.41, 5.74) is 1.28. The number of benzene rings is 1. The second-order valence-electron chi connectivity index (χ2n) is 5.97. The van der Waals surface area contributed by atoms with Gasteiger partial charge in [0.2, 0.25) is 0 Å². The highest BCUT2D eigenvalue weighted by molar-refractivity contribution is 6.30. The summed E-state index contributed by atoms with van der Waals surface area (Å²) in [6.07, 6.45) is 4.82. The van der Waals surface area contributed by atoms with Crippen molar-refractivity contribution in [2.24, 2.45) is 4.99 Å². The molecule has 1 aliphatic heterocycles. The Morgan fingerprint density at radius 3 is 2.61 bits per heavy atom. The largest absolute Gasteiger partial charge is 0.357 e. The van der Waals surface area contributed by atoms with E-state index in [1.807, 2.05) is 12.1 Å². The Kier molecular flexibility index (Phi) is 8.26. The number of guanidine groups is 1. The molecule has 0 amide bonds. The van der Waals surface area contributed by atoms with Gasteiger partial charge < -0.3 is 15.5 Å². The molecule has 2 rings (SSSR count). The SMILES string of the molecule is CCNC(=NCCCN1CCCC1)NCCc1ccc(Cl)cc1. The molecule has 1 saturated heterocycles. The molecule has 1 aromatic carbocycles. The average molecular weight is 337 g/mol. The highest BCUT2D eigenvalue weighted by atomic mass is 35.5. The molecule has 0 saturated carbocycles. The lowest BCUT2D eigenvalue weighted by Gasteiger charge is -2.14. The number of likely N-dealkylation sites (tertiary alicyclic amines) is 1. The Balaban J connectivity index is 1.67. The van der Waals surface area contributed by atoms with Gasteiger partial charge in [-0.1, -0.05) is 23.7 Å². The fraction of sp³-hybridized carbons (Fsp3) is 0.611. The van der Waals surface area contributed by atoms with Gasteiger partial charge in [-0.3, -0.25) is 4.99 Å². The van der Waals surface area contributed by atoms with E-state index in [0.29, 0.717) is 0 Å². The molecule has 128 valence electrons. The van der Waals surface area contributed by atoms with Crippen molar-refractivity contribution in [2.45, 2.75) is 32.6 Å². The lowest BCUT2D eigenvalue weighted by molar-refractivity contribution is 0.336. The van der Waals surface area contributed by atoms with E-state index in [-0.39, 0.29) is 0 Å². The van der Waals surface area contributed by atoms with Gasteiger partial charge in [-0.25, -0.2) is 0 Å². The topological polar surface area (TPSA) is 39.7 Å². The molecule has 0 spiro atoms. The first-order chi connectivity index (χ1) is 11.3. The zero-order chi connectivity index (χ0) is 16.3. The highest BCUT2D eigenvalue weighted by Crippen LogP contribution is 2.09. The second kappa shape index (κ2) is 10.5. The van der Waals surface area contributed by atoms with Crippen molar-refractivity contribution in [2.75, 3.05) is 39.3 Å². The van der Waals surface area contributed by atoms with Crippen LogP contribution in [0, 0.1) is 0 Å². The van der Waals surface area contributed by atoms with E-state index in [9.17, 15) is 0 Å². The minimum atomic E-state index is 0.787. The van der Waals surface area contributed by atoms with E-state index < -0.39 is 0 Å². The Morgan fingerprint density at radius 1 is 1.17 bits per heavy atom. The van der Waals surface area contributed by atoms with Crippen LogP contribution < -0.4 is 10.6 Å². The van der Waals surface area contributed by atoms with Crippen molar-refractivity contribution in [1.82, 2.24) is 15.5 Å². The van der Waals surface area contributed by atoms with Crippen LogP contribution in [0.25, 0.3) is 0 Å². The van der Waals surface area contributed by atoms with Gasteiger partial charge in [0.15, 0.2) is 5.96 Å². The maximum absolute atomic E-state index is 5.91. The molecule has 1 aromatic rings. The number of nitrogens with zero attached hydrogens (tertiary/aromatic N) is 2. The van der Waals surface area contributed by atoms with E-state index in [1.54, 1.807) is 0 Å². The Labute approximate surface area is 145 Å². The number of hydrogen-bond donors (Lipinski definition) is 2. The first-order valence-electron chi connectivity index (χ1n) is 8.77. The average Bonchev–Trinajstić information content (AvgIpc) is 3.07. The molecule has 1 aliphatic rings. The zero-order valence-electron chi connectivity index (χ0n) is 14.2. The normalized spacial score (nSPS) is 15.8. The molecular weight excluding hydrogens is 308 g/mol. The van der Waals surface area contributed by atoms with Gasteiger partial charge >= 0.3 is 0 Å². The van der Waals surface area contributed by atoms with Crippen LogP contribution in [0.4, 0.5) is 0 Å². The van der Waals surface area contributed by atoms with Crippen molar-refractivity contribution in [3.63, 3.8) is 0 Å². The third kappa shape index (κ3) is 7.23. The molecule has 1 heterocycles. The molecule has 0 aromatic heterocycles. The monoisotopic (exact) mass is 336 g/mol. The van der Waals surface area contributed by atoms with Crippen LogP contribution in [-0.4, -0.2) is 50.1 Å². The predicted molar refractivity (Wildman–Crippen MR) is 99.4 cm³/mol. The first kappa shape index (κ1) is 18.1. The van der Waals surface area contributed by atoms with E-state index in [4.69, 9.17) is 11.6 Å². The molecule has 2 N–H and O–H groups in total. The smallest absolute Gasteiger partial charge is 0.191 e. The lowest BCUT2D eigenvalue weighted by Crippen LogP contribution is -2.38. The van der Waals surface area contributed by atoms with Gasteiger partial charge in [0.05, 0.1) is 0 Å². The third-order valence-electron chi connectivity index (χ3n) is 4.06. The fourth-order valence-corrected chi connectivity index (χ4v) is 2.94. The van der Waals surface area contributed by atoms with Crippen LogP contribution >= 0.6 is 11.6 Å². The van der Waals surface area contributed by atoms with Crippen molar-refractivity contribution in [3.8, 4) is 0 Å². The zero-order valence-corrected chi connectivity index (χ0v) is 14.9. The Hall–Kier alpha value is -1.26. The van der Waals surface area contributed by atoms with Crippen LogP contribution in [0.1, 0.15) is 31.7 Å². The minimum absolute atomic E-state index is 0.787. The van der Waals surface area contributed by atoms with Gasteiger partial charge in [-0.2, -0.15) is 0 Å². The molecule has 0 unspecified atom stereocenters. The summed E-state index contributed by atoms with van der Waals surface area (Å²) in [4.78, 5) is 7.20. The van der Waals surface area contributed by atoms with E-state index in [1.165, 1.54) is 38.0 Å². The summed E-state index contributed by atoms with van der Waals surface area (Å²) in [6, 6.07) is 8.03. The fourth-order valence-electron chi connectivity index (χ4n) is 2.81. The van der Waals surface area contributed by atoms with Gasteiger partial charge in [0.1, 0.15) is 0 Å². The van der Waals surface area contributed by atoms with Crippen molar-refractivity contribution in [3.05, 3.63) is 34.9 Å². The van der Waals surface area contributed by atoms with Crippen LogP contribution in [0.5, 0.6) is 0 Å². The van der Waals surface area contributed by atoms with Crippen LogP contribution in [0.2, 0.25) is 5.02 Å². The maximum Gasteiger partial charge on any atom is 0.191 e. The number of nitrogens with one attached hydrogen (secondary N) is 2. The van der Waals surface area contributed by atoms with Crippen LogP contribution in [-0.2, 0) is 6.42 Å². The summed E-state index contributed by atoms with van der Waals surface area (Å²) in [5.74, 6) is 0.919. The van der Waals surface area contributed by atoms with Crippen molar-refractivity contribution >= 4 is 17.6 Å². The van der Waals surface area contributed by atoms with Crippen molar-refractivity contribution < 1.29 is 0 Å². The molecule has 5 heteroatoms. The van der Waals surface area contributed by atoms with Gasteiger partial charge in [0.25, 0.3) is 0 Å². The van der Waals surface area contributed by atoms with Crippen LogP contribution in [0.15, 0.2) is 29.3 Å². The summed E-state index contributed by atoms with van der Waals surface area (Å²) >= 11 is 5.91. The van der Waals surface area contributed by atoms with E-state index in [0.717, 1.165) is 43.5 Å². The quantitative estimate of drug-likeness (QED) is 0.435. The number of rotatable bonds is 8. The number of aliphatic imine (C=N–C) groups is 1. The Morgan fingerprint density at radius 2 is 1.91 bits per heavy atom. The summed E-state index contributed by atoms with van der Waals surface area (Å²) in [6.45, 7) is 8.45. The van der Waals surface area contributed by atoms with E-state index in [2.05, 4.69) is 39.6 Å². The molecular formula is C18H29ClN4. The summed E-state index contributed by atoms with van der Waals surface area (Å²) in [5, 5.41) is 7.50.